The van der Waals surface area contributed by atoms with Crippen molar-refractivity contribution in [2.45, 2.75) is 0 Å². The van der Waals surface area contributed by atoms with Gasteiger partial charge in [-0.2, -0.15) is 0 Å². The Morgan fingerprint density at radius 1 is 1.71 bits per heavy atom. The molecule has 0 saturated carbocycles. The third kappa shape index (κ3) is 0.876. The van der Waals surface area contributed by atoms with Gasteiger partial charge in [-0.15, -0.1) is 10.2 Å². The van der Waals surface area contributed by atoms with E-state index < -0.39 is 0 Å². The van der Waals surface area contributed by atoms with E-state index in [4.69, 9.17) is 0 Å². The fourth-order valence-corrected chi connectivity index (χ4v) is 0.291. The quantitative estimate of drug-likeness (QED) is 0.418. The Bertz CT molecular complexity index is 141. The van der Waals surface area contributed by atoms with E-state index in [9.17, 15) is 0 Å². The lowest BCUT2D eigenvalue weighted by atomic mass is 10.8. The molecule has 0 radical (unpaired) electrons. The second-order valence-corrected chi connectivity index (χ2v) is 1.25. The van der Waals surface area contributed by atoms with Gasteiger partial charge >= 0.3 is 0 Å². The number of rotatable bonds is 0. The van der Waals surface area contributed by atoms with Gasteiger partial charge in [0.1, 0.15) is 6.34 Å². The van der Waals surface area contributed by atoms with Crippen LogP contribution in [0.4, 0.5) is 0 Å². The molecule has 0 aromatic carbocycles. The van der Waals surface area contributed by atoms with Gasteiger partial charge < -0.3 is 4.90 Å². The van der Waals surface area contributed by atoms with Crippen molar-refractivity contribution in [2.75, 3.05) is 7.05 Å². The van der Waals surface area contributed by atoms with Gasteiger partial charge in [-0.1, -0.05) is 0 Å². The van der Waals surface area contributed by atoms with Crippen molar-refractivity contribution < 1.29 is 0 Å². The average Bonchev–Trinajstić information content (AvgIpc) is 1.69. The topological polar surface area (TPSA) is 28.0 Å². The predicted molar refractivity (Wildman–Crippen MR) is 28.3 cm³/mol. The molecule has 7 heavy (non-hydrogen) atoms. The summed E-state index contributed by atoms with van der Waals surface area (Å²) in [5, 5.41) is 6.99. The van der Waals surface area contributed by atoms with Crippen LogP contribution in [0.1, 0.15) is 0 Å². The van der Waals surface area contributed by atoms with Crippen LogP contribution in [-0.4, -0.2) is 24.2 Å². The Hall–Kier alpha value is -1.08. The molecule has 0 bridgehead atoms. The Balaban J connectivity index is 2.77. The molecule has 0 fully saturated rings. The SMILES string of the molecule is CN1C=C=NN=C1. The minimum Gasteiger partial charge on any atom is -0.332 e. The van der Waals surface area contributed by atoms with Gasteiger partial charge in [0, 0.05) is 12.9 Å². The second kappa shape index (κ2) is 1.58. The van der Waals surface area contributed by atoms with Crippen molar-refractivity contribution in [2.24, 2.45) is 10.2 Å². The summed E-state index contributed by atoms with van der Waals surface area (Å²) in [6.45, 7) is 0. The number of nitrogens with zero attached hydrogens (tertiary/aromatic N) is 3. The van der Waals surface area contributed by atoms with Crippen LogP contribution in [0.2, 0.25) is 0 Å². The largest absolute Gasteiger partial charge is 0.332 e. The highest BCUT2D eigenvalue weighted by atomic mass is 15.3. The summed E-state index contributed by atoms with van der Waals surface area (Å²) in [6.07, 6.45) is 3.31. The van der Waals surface area contributed by atoms with Crippen molar-refractivity contribution in [3.63, 3.8) is 0 Å². The second-order valence-electron chi connectivity index (χ2n) is 1.25. The standard InChI is InChI=1S/C4H5N3/c1-7-3-2-5-6-4-7/h3-4H,1H3. The maximum absolute atomic E-state index is 3.54. The van der Waals surface area contributed by atoms with Gasteiger partial charge in [-0.05, 0) is 0 Å². The molecule has 1 heterocycles. The maximum Gasteiger partial charge on any atom is 0.119 e. The van der Waals surface area contributed by atoms with Crippen LogP contribution in [0, 0.1) is 0 Å². The predicted octanol–water partition coefficient (Wildman–Crippen LogP) is 0.0585. The molecule has 3 heteroatoms. The van der Waals surface area contributed by atoms with Gasteiger partial charge in [0.05, 0.1) is 6.20 Å². The lowest BCUT2D eigenvalue weighted by molar-refractivity contribution is 0.708. The van der Waals surface area contributed by atoms with Gasteiger partial charge in [0.2, 0.25) is 0 Å². The molecular weight excluding hydrogens is 90.1 g/mol. The molecule has 0 saturated heterocycles. The molecule has 0 unspecified atom stereocenters. The van der Waals surface area contributed by atoms with Crippen molar-refractivity contribution in [1.82, 2.24) is 4.90 Å². The molecule has 1 aliphatic heterocycles. The Morgan fingerprint density at radius 2 is 2.57 bits per heavy atom. The zero-order valence-corrected chi connectivity index (χ0v) is 4.00. The van der Waals surface area contributed by atoms with Gasteiger partial charge in [-0.25, -0.2) is 0 Å². The Labute approximate surface area is 41.7 Å². The van der Waals surface area contributed by atoms with Crippen LogP contribution in [0.15, 0.2) is 16.4 Å². The van der Waals surface area contributed by atoms with Gasteiger partial charge in [-0.3, -0.25) is 0 Å². The van der Waals surface area contributed by atoms with Gasteiger partial charge in [0.25, 0.3) is 0 Å². The van der Waals surface area contributed by atoms with Gasteiger partial charge in [0.15, 0.2) is 0 Å². The van der Waals surface area contributed by atoms with E-state index in [1.807, 2.05) is 7.05 Å². The van der Waals surface area contributed by atoms with E-state index in [2.05, 4.69) is 16.1 Å². The van der Waals surface area contributed by atoms with E-state index >= 15 is 0 Å². The Morgan fingerprint density at radius 3 is 2.86 bits per heavy atom. The zero-order valence-electron chi connectivity index (χ0n) is 4.00. The van der Waals surface area contributed by atoms with Crippen LogP contribution in [0.5, 0.6) is 0 Å². The molecule has 0 aromatic heterocycles. The highest BCUT2D eigenvalue weighted by Gasteiger charge is 1.81. The van der Waals surface area contributed by atoms with Crippen LogP contribution < -0.4 is 0 Å². The van der Waals surface area contributed by atoms with Crippen LogP contribution in [-0.2, 0) is 0 Å². The summed E-state index contributed by atoms with van der Waals surface area (Å²) in [4.78, 5) is 1.77. The average molecular weight is 95.1 g/mol. The summed E-state index contributed by atoms with van der Waals surface area (Å²) in [7, 11) is 1.87. The normalized spacial score (nSPS) is 15.9. The molecule has 0 aliphatic carbocycles. The van der Waals surface area contributed by atoms with E-state index in [1.54, 1.807) is 17.4 Å². The number of hydrogen-bond acceptors (Lipinski definition) is 3. The monoisotopic (exact) mass is 95.0 g/mol. The molecule has 0 N–H and O–H groups in total. The molecule has 0 aromatic rings. The minimum absolute atomic E-state index is 1.61. The lowest BCUT2D eigenvalue weighted by Crippen LogP contribution is -2.08. The summed E-state index contributed by atoms with van der Waals surface area (Å²) >= 11 is 0. The number of hydrogen-bond donors (Lipinski definition) is 0. The van der Waals surface area contributed by atoms with Crippen molar-refractivity contribution in [3.8, 4) is 0 Å². The first-order valence-electron chi connectivity index (χ1n) is 1.93. The summed E-state index contributed by atoms with van der Waals surface area (Å²) in [6, 6.07) is 0. The highest BCUT2D eigenvalue weighted by molar-refractivity contribution is 5.65. The van der Waals surface area contributed by atoms with Crippen LogP contribution in [0.3, 0.4) is 0 Å². The van der Waals surface area contributed by atoms with E-state index in [-0.39, 0.29) is 0 Å². The molecule has 1 rings (SSSR count). The van der Waals surface area contributed by atoms with Crippen LogP contribution >= 0.6 is 0 Å². The van der Waals surface area contributed by atoms with E-state index in [0.29, 0.717) is 0 Å². The molecule has 1 aliphatic rings. The zero-order chi connectivity index (χ0) is 5.11. The summed E-state index contributed by atoms with van der Waals surface area (Å²) < 4.78 is 0. The van der Waals surface area contributed by atoms with E-state index in [1.165, 1.54) is 0 Å². The summed E-state index contributed by atoms with van der Waals surface area (Å²) in [5.74, 6) is 2.56. The Kier molecular flexibility index (Phi) is 0.922. The molecule has 36 valence electrons. The molecule has 0 spiro atoms. The molecule has 3 nitrogen and oxygen atoms in total. The van der Waals surface area contributed by atoms with Crippen molar-refractivity contribution in [3.05, 3.63) is 6.20 Å². The first-order valence-corrected chi connectivity index (χ1v) is 1.93. The molecule has 0 amide bonds. The molecular formula is C4H5N3. The summed E-state index contributed by atoms with van der Waals surface area (Å²) in [5.41, 5.74) is 0. The maximum atomic E-state index is 3.54. The smallest absolute Gasteiger partial charge is 0.119 e. The van der Waals surface area contributed by atoms with E-state index in [0.717, 1.165) is 0 Å². The lowest BCUT2D eigenvalue weighted by Gasteiger charge is -2.01. The van der Waals surface area contributed by atoms with Crippen molar-refractivity contribution >= 4 is 12.2 Å². The first-order chi connectivity index (χ1) is 3.39. The van der Waals surface area contributed by atoms with Crippen LogP contribution in [0.25, 0.3) is 0 Å². The fraction of sp³-hybridized carbons (Fsp3) is 0.250. The first kappa shape index (κ1) is 4.09. The third-order valence-electron chi connectivity index (χ3n) is 0.611. The fourth-order valence-electron chi connectivity index (χ4n) is 0.291. The third-order valence-corrected chi connectivity index (χ3v) is 0.611. The molecule has 0 atom stereocenters. The van der Waals surface area contributed by atoms with Crippen molar-refractivity contribution in [1.29, 1.82) is 0 Å². The highest BCUT2D eigenvalue weighted by Crippen LogP contribution is 1.79. The minimum atomic E-state index is 1.61.